The molecule has 0 amide bonds. The number of anilines is 1. The number of aliphatic hydroxyl groups excluding tert-OH is 1. The standard InChI is InChI=1S/C28H26ClF5N4O3S/c1-2-22(39)36-5-7-37(8-6-36)26-17-9-18(28(32,33)34)23(16-10-19(29)21(31)11-20(16)30)25-24(17)38(27(40)35-26)14(13-42-25)12-41-15-3-4-15/h2,9-11,14-15,22,39H,1,3-8,12-13H2. The van der Waals surface area contributed by atoms with Gasteiger partial charge in [0, 0.05) is 59.4 Å². The van der Waals surface area contributed by atoms with E-state index < -0.39 is 57.5 Å². The highest BCUT2D eigenvalue weighted by atomic mass is 35.5. The summed E-state index contributed by atoms with van der Waals surface area (Å²) in [7, 11) is 0. The van der Waals surface area contributed by atoms with Gasteiger partial charge in [0.1, 0.15) is 23.7 Å². The van der Waals surface area contributed by atoms with Crippen molar-refractivity contribution in [2.45, 2.75) is 42.3 Å². The van der Waals surface area contributed by atoms with Gasteiger partial charge in [-0.25, -0.2) is 13.6 Å². The number of ether oxygens (including phenoxy) is 1. The number of aromatic nitrogens is 2. The van der Waals surface area contributed by atoms with E-state index in [-0.39, 0.29) is 53.2 Å². The van der Waals surface area contributed by atoms with Gasteiger partial charge in [-0.05, 0) is 31.1 Å². The van der Waals surface area contributed by atoms with Crippen molar-refractivity contribution in [2.75, 3.05) is 43.4 Å². The molecule has 6 rings (SSSR count). The average molecular weight is 629 g/mol. The first-order valence-electron chi connectivity index (χ1n) is 13.4. The summed E-state index contributed by atoms with van der Waals surface area (Å²) in [4.78, 5) is 21.4. The van der Waals surface area contributed by atoms with Crippen LogP contribution in [-0.4, -0.2) is 70.4 Å². The number of nitrogens with zero attached hydrogens (tertiary/aromatic N) is 4. The monoisotopic (exact) mass is 628 g/mol. The summed E-state index contributed by atoms with van der Waals surface area (Å²) < 4.78 is 80.6. The van der Waals surface area contributed by atoms with Gasteiger partial charge in [-0.15, -0.1) is 11.8 Å². The van der Waals surface area contributed by atoms with Gasteiger partial charge in [-0.2, -0.15) is 18.2 Å². The molecule has 42 heavy (non-hydrogen) atoms. The Morgan fingerprint density at radius 2 is 1.88 bits per heavy atom. The summed E-state index contributed by atoms with van der Waals surface area (Å²) >= 11 is 6.97. The molecule has 0 radical (unpaired) electrons. The number of thioether (sulfide) groups is 1. The van der Waals surface area contributed by atoms with Crippen LogP contribution in [0.5, 0.6) is 0 Å². The first-order valence-corrected chi connectivity index (χ1v) is 14.7. The minimum Gasteiger partial charge on any atom is -0.376 e. The number of benzene rings is 2. The molecule has 14 heteroatoms. The minimum absolute atomic E-state index is 0.0329. The lowest BCUT2D eigenvalue weighted by molar-refractivity contribution is -0.137. The second kappa shape index (κ2) is 11.1. The van der Waals surface area contributed by atoms with Crippen LogP contribution in [0, 0.1) is 11.6 Å². The quantitative estimate of drug-likeness (QED) is 0.212. The van der Waals surface area contributed by atoms with Gasteiger partial charge in [-0.3, -0.25) is 9.47 Å². The van der Waals surface area contributed by atoms with E-state index in [9.17, 15) is 27.5 Å². The maximum absolute atomic E-state index is 15.2. The molecule has 2 unspecified atom stereocenters. The van der Waals surface area contributed by atoms with Crippen molar-refractivity contribution in [3.63, 3.8) is 0 Å². The lowest BCUT2D eigenvalue weighted by Crippen LogP contribution is -2.50. The van der Waals surface area contributed by atoms with Crippen LogP contribution in [0.1, 0.15) is 24.4 Å². The van der Waals surface area contributed by atoms with E-state index in [0.29, 0.717) is 19.2 Å². The van der Waals surface area contributed by atoms with Crippen LogP contribution in [0.15, 0.2) is 40.5 Å². The largest absolute Gasteiger partial charge is 0.417 e. The molecule has 2 aromatic carbocycles. The van der Waals surface area contributed by atoms with Gasteiger partial charge in [0.15, 0.2) is 0 Å². The maximum Gasteiger partial charge on any atom is 0.417 e. The van der Waals surface area contributed by atoms with E-state index in [1.165, 1.54) is 10.6 Å². The number of hydrogen-bond donors (Lipinski definition) is 1. The number of hydrogen-bond acceptors (Lipinski definition) is 7. The highest BCUT2D eigenvalue weighted by molar-refractivity contribution is 7.99. The zero-order chi connectivity index (χ0) is 29.9. The highest BCUT2D eigenvalue weighted by Gasteiger charge is 2.40. The Hall–Kier alpha value is -2.71. The van der Waals surface area contributed by atoms with Crippen LogP contribution in [0.25, 0.3) is 22.0 Å². The van der Waals surface area contributed by atoms with Crippen LogP contribution in [-0.2, 0) is 10.9 Å². The molecule has 2 fully saturated rings. The van der Waals surface area contributed by atoms with E-state index in [1.807, 2.05) is 0 Å². The molecule has 224 valence electrons. The molecule has 3 aromatic rings. The normalized spacial score (nSPS) is 20.3. The van der Waals surface area contributed by atoms with Crippen LogP contribution >= 0.6 is 23.4 Å². The SMILES string of the molecule is C=CC(O)N1CCN(c2nc(=O)n3c4c(c(-c5cc(Cl)c(F)cc5F)c(C(F)(F)F)cc24)SCC3COC2CC2)CC1. The van der Waals surface area contributed by atoms with Gasteiger partial charge in [-0.1, -0.05) is 18.2 Å². The molecule has 7 nitrogen and oxygen atoms in total. The first kappa shape index (κ1) is 29.4. The van der Waals surface area contributed by atoms with E-state index in [1.54, 1.807) is 9.80 Å². The third-order valence-electron chi connectivity index (χ3n) is 7.76. The number of alkyl halides is 3. The van der Waals surface area contributed by atoms with E-state index in [2.05, 4.69) is 11.6 Å². The number of rotatable bonds is 7. The fourth-order valence-electron chi connectivity index (χ4n) is 5.49. The van der Waals surface area contributed by atoms with Crippen molar-refractivity contribution >= 4 is 40.1 Å². The van der Waals surface area contributed by atoms with Crippen molar-refractivity contribution < 1.29 is 31.8 Å². The van der Waals surface area contributed by atoms with E-state index >= 15 is 4.39 Å². The van der Waals surface area contributed by atoms with Gasteiger partial charge < -0.3 is 14.7 Å². The predicted octanol–water partition coefficient (Wildman–Crippen LogP) is 5.47. The molecule has 1 aliphatic carbocycles. The van der Waals surface area contributed by atoms with Crippen molar-refractivity contribution in [2.24, 2.45) is 0 Å². The smallest absolute Gasteiger partial charge is 0.376 e. The molecule has 3 heterocycles. The molecule has 0 spiro atoms. The molecular weight excluding hydrogens is 603 g/mol. The molecule has 1 saturated heterocycles. The summed E-state index contributed by atoms with van der Waals surface area (Å²) in [5.41, 5.74) is -2.66. The van der Waals surface area contributed by atoms with Crippen LogP contribution in [0.4, 0.5) is 27.8 Å². The van der Waals surface area contributed by atoms with Gasteiger partial charge in [0.25, 0.3) is 0 Å². The number of piperazine rings is 1. The lowest BCUT2D eigenvalue weighted by atomic mass is 9.95. The minimum atomic E-state index is -4.94. The fourth-order valence-corrected chi connectivity index (χ4v) is 6.97. The van der Waals surface area contributed by atoms with E-state index in [0.717, 1.165) is 36.7 Å². The lowest BCUT2D eigenvalue weighted by Gasteiger charge is -2.38. The first-order chi connectivity index (χ1) is 20.0. The van der Waals surface area contributed by atoms with Crippen molar-refractivity contribution in [3.8, 4) is 11.1 Å². The van der Waals surface area contributed by atoms with Crippen molar-refractivity contribution in [1.29, 1.82) is 0 Å². The summed E-state index contributed by atoms with van der Waals surface area (Å²) in [6.45, 7) is 5.00. The fraction of sp³-hybridized carbons (Fsp3) is 0.429. The Balaban J connectivity index is 1.60. The van der Waals surface area contributed by atoms with Gasteiger partial charge in [0.2, 0.25) is 0 Å². The molecule has 0 bridgehead atoms. The zero-order valence-electron chi connectivity index (χ0n) is 22.1. The van der Waals surface area contributed by atoms with Gasteiger partial charge >= 0.3 is 11.9 Å². The Kier molecular flexibility index (Phi) is 7.75. The molecule has 1 saturated carbocycles. The third kappa shape index (κ3) is 5.30. The second-order valence-electron chi connectivity index (χ2n) is 10.5. The third-order valence-corrected chi connectivity index (χ3v) is 9.29. The molecule has 2 atom stereocenters. The van der Waals surface area contributed by atoms with Crippen LogP contribution < -0.4 is 10.6 Å². The predicted molar refractivity (Wildman–Crippen MR) is 150 cm³/mol. The Labute approximate surface area is 246 Å². The van der Waals surface area contributed by atoms with Crippen molar-refractivity contribution in [3.05, 3.63) is 63.6 Å². The summed E-state index contributed by atoms with van der Waals surface area (Å²) in [6.07, 6.45) is -2.58. The Bertz CT molecular complexity index is 1620. The summed E-state index contributed by atoms with van der Waals surface area (Å²) in [5.74, 6) is -2.06. The second-order valence-corrected chi connectivity index (χ2v) is 12.0. The number of aliphatic hydroxyl groups is 1. The van der Waals surface area contributed by atoms with Crippen molar-refractivity contribution in [1.82, 2.24) is 14.5 Å². The van der Waals surface area contributed by atoms with Crippen LogP contribution in [0.2, 0.25) is 5.02 Å². The molecule has 1 aromatic heterocycles. The number of halogens is 6. The van der Waals surface area contributed by atoms with Gasteiger partial charge in [0.05, 0.1) is 34.9 Å². The maximum atomic E-state index is 15.2. The topological polar surface area (TPSA) is 70.8 Å². The average Bonchev–Trinajstić information content (AvgIpc) is 3.79. The molecular formula is C28H26ClF5N4O3S. The van der Waals surface area contributed by atoms with Crippen LogP contribution in [0.3, 0.4) is 0 Å². The Morgan fingerprint density at radius 1 is 1.17 bits per heavy atom. The Morgan fingerprint density at radius 3 is 2.52 bits per heavy atom. The molecule has 1 N–H and O–H groups in total. The summed E-state index contributed by atoms with van der Waals surface area (Å²) in [5, 5.41) is 9.68. The summed E-state index contributed by atoms with van der Waals surface area (Å²) in [6, 6.07) is 1.66. The highest BCUT2D eigenvalue weighted by Crippen LogP contribution is 2.50. The molecule has 2 aliphatic heterocycles. The van der Waals surface area contributed by atoms with E-state index in [4.69, 9.17) is 16.3 Å². The zero-order valence-corrected chi connectivity index (χ0v) is 23.7. The molecule has 3 aliphatic rings.